The van der Waals surface area contributed by atoms with Gasteiger partial charge in [0.05, 0.1) is 11.5 Å². The number of nitrogens with zero attached hydrogens (tertiary/aromatic N) is 1. The zero-order valence-electron chi connectivity index (χ0n) is 11.4. The van der Waals surface area contributed by atoms with Gasteiger partial charge < -0.3 is 9.84 Å². The van der Waals surface area contributed by atoms with Crippen molar-refractivity contribution in [3.63, 3.8) is 0 Å². The van der Waals surface area contributed by atoms with E-state index in [9.17, 15) is 9.90 Å². The summed E-state index contributed by atoms with van der Waals surface area (Å²) in [5.74, 6) is -0.632. The van der Waals surface area contributed by atoms with Gasteiger partial charge in [0.2, 0.25) is 0 Å². The molecule has 4 heteroatoms. The number of ether oxygens (including phenoxy) is 1. The molecule has 0 aliphatic carbocycles. The highest BCUT2D eigenvalue weighted by atomic mass is 16.5. The monoisotopic (exact) mass is 243 g/mol. The molecule has 1 N–H and O–H groups in total. The molecule has 1 saturated heterocycles. The minimum Gasteiger partial charge on any atom is -0.481 e. The molecule has 1 rings (SSSR count). The SMILES string of the molecule is CCC1(C(=O)O)CCN(C(C)C(C)OC)CC1. The second kappa shape index (κ2) is 5.83. The molecule has 2 unspecified atom stereocenters. The van der Waals surface area contributed by atoms with Crippen LogP contribution < -0.4 is 0 Å². The number of carbonyl (C=O) groups is 1. The smallest absolute Gasteiger partial charge is 0.309 e. The van der Waals surface area contributed by atoms with Crippen LogP contribution in [-0.4, -0.2) is 48.3 Å². The van der Waals surface area contributed by atoms with Gasteiger partial charge >= 0.3 is 5.97 Å². The van der Waals surface area contributed by atoms with Gasteiger partial charge in [0, 0.05) is 13.2 Å². The topological polar surface area (TPSA) is 49.8 Å². The van der Waals surface area contributed by atoms with Crippen LogP contribution in [0, 0.1) is 5.41 Å². The van der Waals surface area contributed by atoms with Crippen LogP contribution in [0.5, 0.6) is 0 Å². The second-order valence-corrected chi connectivity index (χ2v) is 5.16. The molecule has 4 nitrogen and oxygen atoms in total. The third-order valence-corrected chi connectivity index (χ3v) is 4.51. The lowest BCUT2D eigenvalue weighted by Gasteiger charge is -2.42. The average molecular weight is 243 g/mol. The molecule has 0 saturated carbocycles. The van der Waals surface area contributed by atoms with Gasteiger partial charge in [-0.25, -0.2) is 0 Å². The number of aliphatic carboxylic acids is 1. The van der Waals surface area contributed by atoms with Crippen molar-refractivity contribution in [2.75, 3.05) is 20.2 Å². The summed E-state index contributed by atoms with van der Waals surface area (Å²) >= 11 is 0. The third-order valence-electron chi connectivity index (χ3n) is 4.51. The van der Waals surface area contributed by atoms with Gasteiger partial charge in [-0.3, -0.25) is 9.69 Å². The summed E-state index contributed by atoms with van der Waals surface area (Å²) in [7, 11) is 1.72. The summed E-state index contributed by atoms with van der Waals surface area (Å²) in [6.07, 6.45) is 2.41. The quantitative estimate of drug-likeness (QED) is 0.802. The Kier molecular flexibility index (Phi) is 4.95. The Morgan fingerprint density at radius 1 is 1.41 bits per heavy atom. The molecule has 0 aromatic rings. The lowest BCUT2D eigenvalue weighted by Crippen LogP contribution is -2.50. The molecule has 1 heterocycles. The molecule has 0 aromatic carbocycles. The lowest BCUT2D eigenvalue weighted by atomic mass is 9.76. The molecule has 100 valence electrons. The van der Waals surface area contributed by atoms with Crippen molar-refractivity contribution in [2.45, 2.75) is 52.2 Å². The summed E-state index contributed by atoms with van der Waals surface area (Å²) in [6, 6.07) is 0.351. The molecule has 0 spiro atoms. The van der Waals surface area contributed by atoms with E-state index in [1.165, 1.54) is 0 Å². The molecule has 0 amide bonds. The van der Waals surface area contributed by atoms with Crippen molar-refractivity contribution >= 4 is 5.97 Å². The summed E-state index contributed by atoms with van der Waals surface area (Å²) in [6.45, 7) is 7.90. The number of piperidine rings is 1. The molecule has 2 atom stereocenters. The molecular formula is C13H25NO3. The Bertz CT molecular complexity index is 259. The molecular weight excluding hydrogens is 218 g/mol. The summed E-state index contributed by atoms with van der Waals surface area (Å²) in [4.78, 5) is 13.7. The molecule has 0 aromatic heterocycles. The van der Waals surface area contributed by atoms with E-state index in [1.807, 2.05) is 6.92 Å². The van der Waals surface area contributed by atoms with Crippen LogP contribution in [0.1, 0.15) is 40.0 Å². The molecule has 1 aliphatic heterocycles. The van der Waals surface area contributed by atoms with E-state index in [1.54, 1.807) is 7.11 Å². The summed E-state index contributed by atoms with van der Waals surface area (Å²) in [5.41, 5.74) is -0.494. The van der Waals surface area contributed by atoms with E-state index >= 15 is 0 Å². The maximum atomic E-state index is 11.3. The number of hydrogen-bond donors (Lipinski definition) is 1. The van der Waals surface area contributed by atoms with Gasteiger partial charge in [0.15, 0.2) is 0 Å². The maximum Gasteiger partial charge on any atom is 0.309 e. The van der Waals surface area contributed by atoms with Crippen LogP contribution in [0.3, 0.4) is 0 Å². The highest BCUT2D eigenvalue weighted by Gasteiger charge is 2.41. The van der Waals surface area contributed by atoms with Crippen molar-refractivity contribution < 1.29 is 14.6 Å². The van der Waals surface area contributed by atoms with E-state index in [0.717, 1.165) is 32.4 Å². The fourth-order valence-electron chi connectivity index (χ4n) is 2.57. The van der Waals surface area contributed by atoms with E-state index in [0.29, 0.717) is 6.04 Å². The van der Waals surface area contributed by atoms with Gasteiger partial charge in [-0.1, -0.05) is 6.92 Å². The Labute approximate surface area is 104 Å². The summed E-state index contributed by atoms with van der Waals surface area (Å²) < 4.78 is 5.33. The highest BCUT2D eigenvalue weighted by molar-refractivity contribution is 5.74. The maximum absolute atomic E-state index is 11.3. The van der Waals surface area contributed by atoms with Crippen LogP contribution in [-0.2, 0) is 9.53 Å². The first-order valence-corrected chi connectivity index (χ1v) is 6.47. The number of rotatable bonds is 5. The fraction of sp³-hybridized carbons (Fsp3) is 0.923. The lowest BCUT2D eigenvalue weighted by molar-refractivity contribution is -0.153. The van der Waals surface area contributed by atoms with Gasteiger partial charge in [-0.15, -0.1) is 0 Å². The minimum absolute atomic E-state index is 0.189. The van der Waals surface area contributed by atoms with Crippen molar-refractivity contribution in [2.24, 2.45) is 5.41 Å². The molecule has 0 radical (unpaired) electrons. The van der Waals surface area contributed by atoms with Crippen molar-refractivity contribution in [3.05, 3.63) is 0 Å². The normalized spacial score (nSPS) is 24.2. The van der Waals surface area contributed by atoms with E-state index in [-0.39, 0.29) is 6.10 Å². The summed E-state index contributed by atoms with van der Waals surface area (Å²) in [5, 5.41) is 9.33. The first kappa shape index (κ1) is 14.5. The third kappa shape index (κ3) is 2.99. The zero-order valence-corrected chi connectivity index (χ0v) is 11.4. The Hall–Kier alpha value is -0.610. The number of carboxylic acid groups (broad SMARTS) is 1. The van der Waals surface area contributed by atoms with Crippen LogP contribution >= 0.6 is 0 Å². The minimum atomic E-state index is -0.632. The first-order valence-electron chi connectivity index (χ1n) is 6.47. The molecule has 0 bridgehead atoms. The first-order chi connectivity index (χ1) is 7.96. The Morgan fingerprint density at radius 2 is 1.94 bits per heavy atom. The van der Waals surface area contributed by atoms with Crippen molar-refractivity contribution in [3.8, 4) is 0 Å². The highest BCUT2D eigenvalue weighted by Crippen LogP contribution is 2.35. The van der Waals surface area contributed by atoms with Gasteiger partial charge in [-0.2, -0.15) is 0 Å². The predicted octanol–water partition coefficient (Wildman–Crippen LogP) is 1.99. The number of hydrogen-bond acceptors (Lipinski definition) is 3. The molecule has 17 heavy (non-hydrogen) atoms. The van der Waals surface area contributed by atoms with Crippen molar-refractivity contribution in [1.29, 1.82) is 0 Å². The Balaban J connectivity index is 2.58. The van der Waals surface area contributed by atoms with Crippen LogP contribution in [0.4, 0.5) is 0 Å². The fourth-order valence-corrected chi connectivity index (χ4v) is 2.57. The van der Waals surface area contributed by atoms with E-state index < -0.39 is 11.4 Å². The van der Waals surface area contributed by atoms with Gasteiger partial charge in [-0.05, 0) is 46.2 Å². The van der Waals surface area contributed by atoms with Gasteiger partial charge in [0.25, 0.3) is 0 Å². The standard InChI is InChI=1S/C13H25NO3/c1-5-13(12(15)16)6-8-14(9-7-13)10(2)11(3)17-4/h10-11H,5-9H2,1-4H3,(H,15,16). The van der Waals surface area contributed by atoms with Crippen LogP contribution in [0.25, 0.3) is 0 Å². The molecule has 1 aliphatic rings. The van der Waals surface area contributed by atoms with E-state index in [4.69, 9.17) is 4.74 Å². The number of methoxy groups -OCH3 is 1. The second-order valence-electron chi connectivity index (χ2n) is 5.16. The van der Waals surface area contributed by atoms with Crippen LogP contribution in [0.2, 0.25) is 0 Å². The van der Waals surface area contributed by atoms with E-state index in [2.05, 4.69) is 18.7 Å². The molecule has 1 fully saturated rings. The Morgan fingerprint density at radius 3 is 2.29 bits per heavy atom. The van der Waals surface area contributed by atoms with Gasteiger partial charge in [0.1, 0.15) is 0 Å². The zero-order chi connectivity index (χ0) is 13.1. The number of carboxylic acids is 1. The average Bonchev–Trinajstić information content (AvgIpc) is 2.36. The van der Waals surface area contributed by atoms with Crippen LogP contribution in [0.15, 0.2) is 0 Å². The number of likely N-dealkylation sites (tertiary alicyclic amines) is 1. The predicted molar refractivity (Wildman–Crippen MR) is 67.1 cm³/mol. The van der Waals surface area contributed by atoms with Crippen molar-refractivity contribution in [1.82, 2.24) is 4.90 Å². The largest absolute Gasteiger partial charge is 0.481 e.